The highest BCUT2D eigenvalue weighted by Gasteiger charge is 2.28. The normalized spacial score (nSPS) is 17.4. The maximum Gasteiger partial charge on any atom is 0.320 e. The number of hydrogen-bond donors (Lipinski definition) is 1. The molecule has 2 aliphatic heterocycles. The number of halogens is 1. The number of aromatic amines is 1. The van der Waals surface area contributed by atoms with Crippen molar-refractivity contribution >= 4 is 17.6 Å². The predicted octanol–water partition coefficient (Wildman–Crippen LogP) is 3.30. The Balaban J connectivity index is 1.53. The second kappa shape index (κ2) is 5.89. The van der Waals surface area contributed by atoms with Crippen molar-refractivity contribution in [3.8, 4) is 11.4 Å². The van der Waals surface area contributed by atoms with Crippen molar-refractivity contribution in [3.63, 3.8) is 0 Å². The van der Waals surface area contributed by atoms with E-state index in [1.54, 1.807) is 0 Å². The summed E-state index contributed by atoms with van der Waals surface area (Å²) in [5.41, 5.74) is 3.13. The number of rotatable bonds is 1. The number of aromatic nitrogens is 2. The highest BCUT2D eigenvalue weighted by Crippen LogP contribution is 2.25. The first-order valence-corrected chi connectivity index (χ1v) is 8.46. The second-order valence-corrected chi connectivity index (χ2v) is 6.60. The van der Waals surface area contributed by atoms with Crippen LogP contribution in [0.2, 0.25) is 5.02 Å². The van der Waals surface area contributed by atoms with Crippen molar-refractivity contribution in [2.24, 2.45) is 0 Å². The molecule has 0 atom stereocenters. The molecule has 2 amide bonds. The predicted molar refractivity (Wildman–Crippen MR) is 89.4 cm³/mol. The Morgan fingerprint density at radius 2 is 1.83 bits per heavy atom. The van der Waals surface area contributed by atoms with E-state index in [0.29, 0.717) is 11.6 Å². The minimum absolute atomic E-state index is 0.163. The molecule has 1 N–H and O–H groups in total. The molecule has 0 unspecified atom stereocenters. The lowest BCUT2D eigenvalue weighted by Crippen LogP contribution is -2.44. The number of hydrogen-bond acceptors (Lipinski definition) is 2. The van der Waals surface area contributed by atoms with Crippen LogP contribution in [0.3, 0.4) is 0 Å². The fourth-order valence-electron chi connectivity index (χ4n) is 3.31. The van der Waals surface area contributed by atoms with Crippen molar-refractivity contribution in [2.45, 2.75) is 25.8 Å². The van der Waals surface area contributed by atoms with Gasteiger partial charge in [0.2, 0.25) is 0 Å². The van der Waals surface area contributed by atoms with Gasteiger partial charge in [0.1, 0.15) is 5.82 Å². The zero-order chi connectivity index (χ0) is 15.8. The van der Waals surface area contributed by atoms with E-state index in [1.165, 1.54) is 0 Å². The molecule has 0 radical (unpaired) electrons. The fourth-order valence-corrected chi connectivity index (χ4v) is 3.44. The number of nitrogens with zero attached hydrogens (tertiary/aromatic N) is 3. The Bertz CT molecular complexity index is 719. The molecule has 0 bridgehead atoms. The van der Waals surface area contributed by atoms with Gasteiger partial charge in [0, 0.05) is 36.6 Å². The summed E-state index contributed by atoms with van der Waals surface area (Å²) in [6, 6.07) is 7.80. The zero-order valence-electron chi connectivity index (χ0n) is 12.9. The van der Waals surface area contributed by atoms with Crippen LogP contribution in [0.25, 0.3) is 11.4 Å². The van der Waals surface area contributed by atoms with Gasteiger partial charge in [0.05, 0.1) is 17.9 Å². The highest BCUT2D eigenvalue weighted by molar-refractivity contribution is 6.30. The Kier molecular flexibility index (Phi) is 3.73. The molecule has 120 valence electrons. The van der Waals surface area contributed by atoms with E-state index in [1.807, 2.05) is 34.1 Å². The van der Waals surface area contributed by atoms with Gasteiger partial charge in [0.25, 0.3) is 0 Å². The summed E-state index contributed by atoms with van der Waals surface area (Å²) >= 11 is 5.94. The number of urea groups is 1. The third-order valence-electron chi connectivity index (χ3n) is 4.60. The Labute approximate surface area is 140 Å². The molecule has 1 saturated heterocycles. The van der Waals surface area contributed by atoms with Gasteiger partial charge >= 0.3 is 6.03 Å². The number of benzene rings is 1. The van der Waals surface area contributed by atoms with Crippen LogP contribution < -0.4 is 0 Å². The van der Waals surface area contributed by atoms with Gasteiger partial charge < -0.3 is 14.8 Å². The molecular weight excluding hydrogens is 312 g/mol. The monoisotopic (exact) mass is 330 g/mol. The maximum absolute atomic E-state index is 12.5. The van der Waals surface area contributed by atoms with E-state index in [4.69, 9.17) is 16.6 Å². The van der Waals surface area contributed by atoms with Gasteiger partial charge in [-0.3, -0.25) is 0 Å². The smallest absolute Gasteiger partial charge is 0.320 e. The van der Waals surface area contributed by atoms with Crippen LogP contribution in [0, 0.1) is 0 Å². The van der Waals surface area contributed by atoms with E-state index < -0.39 is 0 Å². The lowest BCUT2D eigenvalue weighted by Gasteiger charge is -2.30. The van der Waals surface area contributed by atoms with E-state index in [2.05, 4.69) is 4.98 Å². The summed E-state index contributed by atoms with van der Waals surface area (Å²) in [4.78, 5) is 24.5. The zero-order valence-corrected chi connectivity index (χ0v) is 13.6. The number of likely N-dealkylation sites (tertiary alicyclic amines) is 1. The van der Waals surface area contributed by atoms with Gasteiger partial charge in [-0.25, -0.2) is 9.78 Å². The number of imidazole rings is 1. The minimum Gasteiger partial charge on any atom is -0.340 e. The van der Waals surface area contributed by atoms with Crippen LogP contribution in [-0.2, 0) is 13.0 Å². The van der Waals surface area contributed by atoms with Gasteiger partial charge in [-0.15, -0.1) is 0 Å². The van der Waals surface area contributed by atoms with Crippen molar-refractivity contribution in [3.05, 3.63) is 40.7 Å². The average molecular weight is 331 g/mol. The average Bonchev–Trinajstić information content (AvgIpc) is 3.23. The molecule has 6 heteroatoms. The van der Waals surface area contributed by atoms with Gasteiger partial charge in [-0.2, -0.15) is 0 Å². The van der Waals surface area contributed by atoms with E-state index in [0.717, 1.165) is 61.7 Å². The van der Waals surface area contributed by atoms with E-state index in [-0.39, 0.29) is 6.03 Å². The first-order valence-electron chi connectivity index (χ1n) is 8.08. The summed E-state index contributed by atoms with van der Waals surface area (Å²) < 4.78 is 0. The molecule has 1 aromatic heterocycles. The molecule has 4 rings (SSSR count). The highest BCUT2D eigenvalue weighted by atomic mass is 35.5. The molecule has 5 nitrogen and oxygen atoms in total. The first-order chi connectivity index (χ1) is 11.2. The summed E-state index contributed by atoms with van der Waals surface area (Å²) in [6.07, 6.45) is 3.05. The summed E-state index contributed by atoms with van der Waals surface area (Å²) in [5.74, 6) is 0.849. The van der Waals surface area contributed by atoms with Crippen molar-refractivity contribution in [1.29, 1.82) is 0 Å². The summed E-state index contributed by atoms with van der Waals surface area (Å²) in [6.45, 7) is 3.14. The van der Waals surface area contributed by atoms with Crippen LogP contribution in [0.15, 0.2) is 24.3 Å². The lowest BCUT2D eigenvalue weighted by molar-refractivity contribution is 0.156. The molecule has 0 spiro atoms. The minimum atomic E-state index is 0.163. The molecule has 2 aromatic rings. The van der Waals surface area contributed by atoms with Crippen LogP contribution in [-0.4, -0.2) is 45.4 Å². The molecule has 2 aliphatic rings. The molecule has 0 aliphatic carbocycles. The van der Waals surface area contributed by atoms with E-state index >= 15 is 0 Å². The molecular formula is C17H19ClN4O. The summed E-state index contributed by atoms with van der Waals surface area (Å²) in [7, 11) is 0. The van der Waals surface area contributed by atoms with Crippen LogP contribution in [0.5, 0.6) is 0 Å². The molecule has 23 heavy (non-hydrogen) atoms. The number of carbonyl (C=O) groups is 1. The van der Waals surface area contributed by atoms with Crippen molar-refractivity contribution in [2.75, 3.05) is 19.6 Å². The first kappa shape index (κ1) is 14.6. The van der Waals surface area contributed by atoms with Gasteiger partial charge in [-0.1, -0.05) is 11.6 Å². The number of fused-ring (bicyclic) bond motifs is 1. The topological polar surface area (TPSA) is 52.2 Å². The van der Waals surface area contributed by atoms with Crippen LogP contribution in [0.1, 0.15) is 24.2 Å². The van der Waals surface area contributed by atoms with Crippen LogP contribution in [0.4, 0.5) is 4.79 Å². The Hall–Kier alpha value is -2.01. The quantitative estimate of drug-likeness (QED) is 0.872. The Morgan fingerprint density at radius 3 is 2.57 bits per heavy atom. The van der Waals surface area contributed by atoms with E-state index in [9.17, 15) is 4.79 Å². The maximum atomic E-state index is 12.5. The largest absolute Gasteiger partial charge is 0.340 e. The number of carbonyl (C=O) groups excluding carboxylic acids is 1. The Morgan fingerprint density at radius 1 is 1.09 bits per heavy atom. The standard InChI is InChI=1S/C17H19ClN4O/c18-13-5-3-12(4-6-13)16-19-14-7-10-22(11-15(14)20-16)17(23)21-8-1-2-9-21/h3-6H,1-2,7-11H2,(H,19,20). The number of amides is 2. The number of nitrogens with one attached hydrogen (secondary N) is 1. The lowest BCUT2D eigenvalue weighted by atomic mass is 10.1. The third kappa shape index (κ3) is 2.81. The fraction of sp³-hybridized carbons (Fsp3) is 0.412. The van der Waals surface area contributed by atoms with Crippen LogP contribution >= 0.6 is 11.6 Å². The third-order valence-corrected chi connectivity index (χ3v) is 4.85. The summed E-state index contributed by atoms with van der Waals surface area (Å²) in [5, 5.41) is 0.715. The number of H-pyrrole nitrogens is 1. The van der Waals surface area contributed by atoms with Crippen molar-refractivity contribution < 1.29 is 4.79 Å². The van der Waals surface area contributed by atoms with Gasteiger partial charge in [0.15, 0.2) is 0 Å². The van der Waals surface area contributed by atoms with Crippen molar-refractivity contribution in [1.82, 2.24) is 19.8 Å². The molecule has 1 aromatic carbocycles. The van der Waals surface area contributed by atoms with Gasteiger partial charge in [-0.05, 0) is 37.1 Å². The molecule has 3 heterocycles. The SMILES string of the molecule is O=C(N1CCCC1)N1CCc2nc(-c3ccc(Cl)cc3)[nH]c2C1. The second-order valence-electron chi connectivity index (χ2n) is 6.17. The molecule has 1 fully saturated rings. The molecule has 0 saturated carbocycles.